The summed E-state index contributed by atoms with van der Waals surface area (Å²) in [5.41, 5.74) is 0.624. The van der Waals surface area contributed by atoms with Gasteiger partial charge in [-0.05, 0) is 31.0 Å². The first kappa shape index (κ1) is 15.4. The number of amides is 1. The number of aromatic nitrogens is 1. The molecule has 1 amide bonds. The number of methoxy groups -OCH3 is 1. The number of benzene rings is 1. The van der Waals surface area contributed by atoms with E-state index >= 15 is 0 Å². The molecule has 0 spiro atoms. The van der Waals surface area contributed by atoms with Gasteiger partial charge in [0, 0.05) is 30.4 Å². The molecule has 1 heterocycles. The summed E-state index contributed by atoms with van der Waals surface area (Å²) >= 11 is 0. The molecule has 0 unspecified atom stereocenters. The van der Waals surface area contributed by atoms with Crippen molar-refractivity contribution in [3.05, 3.63) is 59.3 Å². The van der Waals surface area contributed by atoms with E-state index in [-0.39, 0.29) is 29.9 Å². The van der Waals surface area contributed by atoms with Crippen LogP contribution in [-0.4, -0.2) is 28.9 Å². The van der Waals surface area contributed by atoms with E-state index in [1.165, 1.54) is 25.4 Å². The molecular formula is C17H16F2N2O2. The van der Waals surface area contributed by atoms with Crippen molar-refractivity contribution in [2.45, 2.75) is 25.4 Å². The van der Waals surface area contributed by atoms with Crippen LogP contribution < -0.4 is 4.74 Å². The van der Waals surface area contributed by atoms with Gasteiger partial charge in [-0.2, -0.15) is 0 Å². The van der Waals surface area contributed by atoms with Gasteiger partial charge in [-0.3, -0.25) is 4.79 Å². The Morgan fingerprint density at radius 2 is 2.13 bits per heavy atom. The van der Waals surface area contributed by atoms with Crippen molar-refractivity contribution < 1.29 is 18.3 Å². The van der Waals surface area contributed by atoms with Gasteiger partial charge in [0.25, 0.3) is 5.91 Å². The van der Waals surface area contributed by atoms with Gasteiger partial charge in [0.1, 0.15) is 17.2 Å². The fraction of sp³-hybridized carbons (Fsp3) is 0.294. The number of hydrogen-bond acceptors (Lipinski definition) is 3. The maximum atomic E-state index is 13.9. The first-order valence-corrected chi connectivity index (χ1v) is 7.34. The minimum atomic E-state index is -0.651. The molecule has 6 heteroatoms. The van der Waals surface area contributed by atoms with Gasteiger partial charge in [0.05, 0.1) is 7.11 Å². The summed E-state index contributed by atoms with van der Waals surface area (Å²) in [7, 11) is 1.44. The van der Waals surface area contributed by atoms with Gasteiger partial charge in [-0.1, -0.05) is 6.07 Å². The lowest BCUT2D eigenvalue weighted by Gasteiger charge is -2.23. The Bertz CT molecular complexity index is 732. The number of carbonyl (C=O) groups is 1. The fourth-order valence-electron chi connectivity index (χ4n) is 2.46. The highest BCUT2D eigenvalue weighted by Crippen LogP contribution is 2.31. The highest BCUT2D eigenvalue weighted by molar-refractivity contribution is 5.96. The molecule has 1 saturated carbocycles. The minimum absolute atomic E-state index is 0.0665. The second kappa shape index (κ2) is 6.32. The second-order valence-corrected chi connectivity index (χ2v) is 5.46. The number of pyridine rings is 1. The molecule has 0 aliphatic heterocycles. The lowest BCUT2D eigenvalue weighted by Crippen LogP contribution is -2.33. The first-order chi connectivity index (χ1) is 11.1. The van der Waals surface area contributed by atoms with Crippen LogP contribution in [0.1, 0.15) is 28.8 Å². The Hall–Kier alpha value is -2.50. The maximum Gasteiger partial charge on any atom is 0.259 e. The number of ether oxygens (including phenoxy) is 1. The molecule has 0 N–H and O–H groups in total. The van der Waals surface area contributed by atoms with Crippen LogP contribution in [0.15, 0.2) is 36.5 Å². The second-order valence-electron chi connectivity index (χ2n) is 5.46. The molecule has 1 aromatic heterocycles. The number of nitrogens with zero attached hydrogens (tertiary/aromatic N) is 2. The predicted octanol–water partition coefficient (Wildman–Crippen LogP) is 3.17. The summed E-state index contributed by atoms with van der Waals surface area (Å²) in [6.45, 7) is 0.0909. The van der Waals surface area contributed by atoms with E-state index < -0.39 is 11.6 Å². The van der Waals surface area contributed by atoms with Crippen molar-refractivity contribution in [1.82, 2.24) is 9.88 Å². The molecule has 1 aromatic carbocycles. The molecule has 23 heavy (non-hydrogen) atoms. The van der Waals surface area contributed by atoms with Gasteiger partial charge in [-0.15, -0.1) is 0 Å². The zero-order valence-electron chi connectivity index (χ0n) is 12.6. The first-order valence-electron chi connectivity index (χ1n) is 7.34. The van der Waals surface area contributed by atoms with E-state index in [1.807, 2.05) is 0 Å². The third-order valence-corrected chi connectivity index (χ3v) is 3.80. The highest BCUT2D eigenvalue weighted by Gasteiger charge is 2.34. The Kier molecular flexibility index (Phi) is 4.23. The number of hydrogen-bond donors (Lipinski definition) is 0. The monoisotopic (exact) mass is 318 g/mol. The lowest BCUT2D eigenvalue weighted by atomic mass is 10.1. The van der Waals surface area contributed by atoms with Crippen LogP contribution in [-0.2, 0) is 6.54 Å². The van der Waals surface area contributed by atoms with E-state index in [9.17, 15) is 13.6 Å². The Morgan fingerprint density at radius 3 is 2.78 bits per heavy atom. The molecule has 2 aromatic rings. The zero-order valence-corrected chi connectivity index (χ0v) is 12.6. The van der Waals surface area contributed by atoms with Crippen molar-refractivity contribution in [2.24, 2.45) is 0 Å². The average molecular weight is 318 g/mol. The van der Waals surface area contributed by atoms with E-state index in [1.54, 1.807) is 17.0 Å². The molecule has 0 atom stereocenters. The molecule has 3 rings (SSSR count). The minimum Gasteiger partial charge on any atom is -0.480 e. The standard InChI is InChI=1S/C17H16F2N2O2/c1-23-16-14(3-2-8-20-16)17(22)21(13-6-7-13)10-11-4-5-12(18)9-15(11)19/h2-5,8-9,13H,6-7,10H2,1H3. The summed E-state index contributed by atoms with van der Waals surface area (Å²) in [6.07, 6.45) is 3.28. The van der Waals surface area contributed by atoms with Gasteiger partial charge in [0.2, 0.25) is 5.88 Å². The lowest BCUT2D eigenvalue weighted by molar-refractivity contribution is 0.0724. The Morgan fingerprint density at radius 1 is 1.35 bits per heavy atom. The molecule has 0 radical (unpaired) electrons. The number of rotatable bonds is 5. The van der Waals surface area contributed by atoms with Crippen LogP contribution in [0.5, 0.6) is 5.88 Å². The molecule has 0 bridgehead atoms. The van der Waals surface area contributed by atoms with Gasteiger partial charge in [-0.25, -0.2) is 13.8 Å². The SMILES string of the molecule is COc1ncccc1C(=O)N(Cc1ccc(F)cc1F)C1CC1. The smallest absolute Gasteiger partial charge is 0.259 e. The molecule has 0 saturated heterocycles. The third-order valence-electron chi connectivity index (χ3n) is 3.80. The topological polar surface area (TPSA) is 42.4 Å². The largest absolute Gasteiger partial charge is 0.480 e. The quantitative estimate of drug-likeness (QED) is 0.850. The van der Waals surface area contributed by atoms with Gasteiger partial charge < -0.3 is 9.64 Å². The van der Waals surface area contributed by atoms with Crippen molar-refractivity contribution in [1.29, 1.82) is 0 Å². The Balaban J connectivity index is 1.88. The van der Waals surface area contributed by atoms with Crippen molar-refractivity contribution in [2.75, 3.05) is 7.11 Å². The van der Waals surface area contributed by atoms with E-state index in [2.05, 4.69) is 4.98 Å². The zero-order chi connectivity index (χ0) is 16.4. The normalized spacial score (nSPS) is 13.7. The highest BCUT2D eigenvalue weighted by atomic mass is 19.1. The van der Waals surface area contributed by atoms with Crippen LogP contribution >= 0.6 is 0 Å². The van der Waals surface area contributed by atoms with Crippen LogP contribution in [0.3, 0.4) is 0 Å². The van der Waals surface area contributed by atoms with E-state index in [0.29, 0.717) is 5.56 Å². The molecule has 1 aliphatic carbocycles. The molecule has 120 valence electrons. The summed E-state index contributed by atoms with van der Waals surface area (Å²) in [6, 6.07) is 6.74. The fourth-order valence-corrected chi connectivity index (χ4v) is 2.46. The summed E-state index contributed by atoms with van der Waals surface area (Å²) < 4.78 is 32.0. The molecule has 4 nitrogen and oxygen atoms in total. The predicted molar refractivity (Wildman–Crippen MR) is 80.0 cm³/mol. The third kappa shape index (κ3) is 3.31. The van der Waals surface area contributed by atoms with Crippen molar-refractivity contribution in [3.63, 3.8) is 0 Å². The maximum absolute atomic E-state index is 13.9. The number of halogens is 2. The van der Waals surface area contributed by atoms with Gasteiger partial charge >= 0.3 is 0 Å². The average Bonchev–Trinajstić information content (AvgIpc) is 3.38. The molecule has 1 aliphatic rings. The van der Waals surface area contributed by atoms with Gasteiger partial charge in [0.15, 0.2) is 0 Å². The van der Waals surface area contributed by atoms with E-state index in [0.717, 1.165) is 18.9 Å². The van der Waals surface area contributed by atoms with Crippen LogP contribution in [0.2, 0.25) is 0 Å². The number of carbonyl (C=O) groups excluding carboxylic acids is 1. The molecule has 1 fully saturated rings. The van der Waals surface area contributed by atoms with Crippen molar-refractivity contribution >= 4 is 5.91 Å². The van der Waals surface area contributed by atoms with Crippen LogP contribution in [0.4, 0.5) is 8.78 Å². The molecular weight excluding hydrogens is 302 g/mol. The summed E-state index contributed by atoms with van der Waals surface area (Å²) in [5.74, 6) is -1.31. The van der Waals surface area contributed by atoms with Crippen molar-refractivity contribution in [3.8, 4) is 5.88 Å². The summed E-state index contributed by atoms with van der Waals surface area (Å²) in [5, 5.41) is 0. The van der Waals surface area contributed by atoms with Crippen LogP contribution in [0.25, 0.3) is 0 Å². The van der Waals surface area contributed by atoms with Crippen LogP contribution in [0, 0.1) is 11.6 Å². The van der Waals surface area contributed by atoms with E-state index in [4.69, 9.17) is 4.74 Å². The summed E-state index contributed by atoms with van der Waals surface area (Å²) in [4.78, 5) is 18.4. The Labute approximate surface area is 132 Å².